The van der Waals surface area contributed by atoms with Gasteiger partial charge in [0.2, 0.25) is 0 Å². The van der Waals surface area contributed by atoms with E-state index in [1.54, 1.807) is 43.6 Å². The summed E-state index contributed by atoms with van der Waals surface area (Å²) < 4.78 is 5.01. The Morgan fingerprint density at radius 3 is 2.84 bits per heavy atom. The minimum absolute atomic E-state index is 0.338. The van der Waals surface area contributed by atoms with Gasteiger partial charge in [0.25, 0.3) is 0 Å². The number of carbonyl (C=O) groups excluding carboxylic acids is 1. The van der Waals surface area contributed by atoms with E-state index < -0.39 is 0 Å². The Kier molecular flexibility index (Phi) is 3.97. The van der Waals surface area contributed by atoms with Crippen LogP contribution in [0.15, 0.2) is 42.7 Å². The number of ether oxygens (including phenoxy) is 1. The molecule has 0 atom stereocenters. The lowest BCUT2D eigenvalue weighted by molar-refractivity contribution is 0.0527. The Balaban J connectivity index is 2.30. The highest BCUT2D eigenvalue weighted by Gasteiger charge is 2.12. The summed E-state index contributed by atoms with van der Waals surface area (Å²) in [6.45, 7) is 2.11. The van der Waals surface area contributed by atoms with E-state index in [4.69, 9.17) is 10.5 Å². The zero-order valence-electron chi connectivity index (χ0n) is 10.6. The van der Waals surface area contributed by atoms with Crippen molar-refractivity contribution in [3.05, 3.63) is 48.3 Å². The average molecular weight is 257 g/mol. The molecule has 0 aliphatic heterocycles. The summed E-state index contributed by atoms with van der Waals surface area (Å²) in [7, 11) is 0. The van der Waals surface area contributed by atoms with Gasteiger partial charge < -0.3 is 15.8 Å². The fourth-order valence-electron chi connectivity index (χ4n) is 1.64. The Labute approximate surface area is 111 Å². The Morgan fingerprint density at radius 1 is 1.32 bits per heavy atom. The van der Waals surface area contributed by atoms with Crippen molar-refractivity contribution in [3.8, 4) is 0 Å². The molecule has 98 valence electrons. The van der Waals surface area contributed by atoms with Crippen molar-refractivity contribution in [2.45, 2.75) is 6.92 Å². The molecule has 0 unspecified atom stereocenters. The summed E-state index contributed by atoms with van der Waals surface area (Å²) in [5.41, 5.74) is 8.15. The van der Waals surface area contributed by atoms with Gasteiger partial charge in [-0.25, -0.2) is 4.79 Å². The highest BCUT2D eigenvalue weighted by atomic mass is 16.5. The molecule has 0 aliphatic carbocycles. The summed E-state index contributed by atoms with van der Waals surface area (Å²) in [4.78, 5) is 15.8. The molecule has 1 aromatic carbocycles. The first-order chi connectivity index (χ1) is 9.22. The maximum atomic E-state index is 11.8. The molecule has 0 spiro atoms. The Hall–Kier alpha value is -2.56. The van der Waals surface area contributed by atoms with Gasteiger partial charge in [-0.05, 0) is 25.1 Å². The smallest absolute Gasteiger partial charge is 0.340 e. The minimum Gasteiger partial charge on any atom is -0.462 e. The first-order valence-electron chi connectivity index (χ1n) is 5.95. The quantitative estimate of drug-likeness (QED) is 0.823. The van der Waals surface area contributed by atoms with Crippen LogP contribution in [0.25, 0.3) is 0 Å². The zero-order chi connectivity index (χ0) is 13.7. The van der Waals surface area contributed by atoms with Gasteiger partial charge in [-0.2, -0.15) is 0 Å². The van der Waals surface area contributed by atoms with Crippen LogP contribution in [0.4, 0.5) is 17.1 Å². The number of hydrogen-bond donors (Lipinski definition) is 2. The normalized spacial score (nSPS) is 9.95. The lowest BCUT2D eigenvalue weighted by Crippen LogP contribution is -2.08. The van der Waals surface area contributed by atoms with E-state index in [2.05, 4.69) is 10.3 Å². The van der Waals surface area contributed by atoms with Gasteiger partial charge in [-0.15, -0.1) is 0 Å². The number of pyridine rings is 1. The van der Waals surface area contributed by atoms with Crippen LogP contribution in [0.2, 0.25) is 0 Å². The third kappa shape index (κ3) is 3.01. The fourth-order valence-corrected chi connectivity index (χ4v) is 1.64. The minimum atomic E-state index is -0.363. The number of aromatic nitrogens is 1. The molecular weight excluding hydrogens is 242 g/mol. The SMILES string of the molecule is CCOC(=O)c1ccccc1Nc1ccncc1N. The van der Waals surface area contributed by atoms with E-state index in [0.717, 1.165) is 0 Å². The number of nitrogens with two attached hydrogens (primary N) is 1. The molecule has 0 radical (unpaired) electrons. The van der Waals surface area contributed by atoms with Crippen molar-refractivity contribution in [1.82, 2.24) is 4.98 Å². The second-order valence-corrected chi connectivity index (χ2v) is 3.85. The van der Waals surface area contributed by atoms with E-state index in [1.807, 2.05) is 6.07 Å². The molecule has 0 saturated heterocycles. The molecule has 0 amide bonds. The maximum Gasteiger partial charge on any atom is 0.340 e. The third-order valence-electron chi connectivity index (χ3n) is 2.54. The Morgan fingerprint density at radius 2 is 2.11 bits per heavy atom. The number of esters is 1. The third-order valence-corrected chi connectivity index (χ3v) is 2.54. The molecule has 0 saturated carbocycles. The van der Waals surface area contributed by atoms with Gasteiger partial charge in [0, 0.05) is 6.20 Å². The van der Waals surface area contributed by atoms with Crippen molar-refractivity contribution in [2.24, 2.45) is 0 Å². The number of hydrogen-bond acceptors (Lipinski definition) is 5. The summed E-state index contributed by atoms with van der Waals surface area (Å²) in [6.07, 6.45) is 3.18. The molecule has 0 fully saturated rings. The van der Waals surface area contributed by atoms with Crippen LogP contribution in [0.1, 0.15) is 17.3 Å². The largest absolute Gasteiger partial charge is 0.462 e. The second kappa shape index (κ2) is 5.86. The molecule has 2 rings (SSSR count). The van der Waals surface area contributed by atoms with E-state index in [1.165, 1.54) is 0 Å². The topological polar surface area (TPSA) is 77.2 Å². The van der Waals surface area contributed by atoms with Gasteiger partial charge in [0.05, 0.1) is 35.4 Å². The predicted molar refractivity (Wildman–Crippen MR) is 74.3 cm³/mol. The maximum absolute atomic E-state index is 11.8. The van der Waals surface area contributed by atoms with E-state index in [9.17, 15) is 4.79 Å². The summed E-state index contributed by atoms with van der Waals surface area (Å²) in [5, 5.41) is 3.11. The highest BCUT2D eigenvalue weighted by molar-refractivity contribution is 5.97. The number of benzene rings is 1. The van der Waals surface area contributed by atoms with Gasteiger partial charge in [0.15, 0.2) is 0 Å². The molecule has 1 heterocycles. The van der Waals surface area contributed by atoms with Crippen molar-refractivity contribution < 1.29 is 9.53 Å². The van der Waals surface area contributed by atoms with Crippen LogP contribution >= 0.6 is 0 Å². The van der Waals surface area contributed by atoms with Gasteiger partial charge in [-0.1, -0.05) is 12.1 Å². The first-order valence-corrected chi connectivity index (χ1v) is 5.95. The number of anilines is 3. The highest BCUT2D eigenvalue weighted by Crippen LogP contribution is 2.24. The predicted octanol–water partition coefficient (Wildman–Crippen LogP) is 2.58. The van der Waals surface area contributed by atoms with Gasteiger partial charge in [-0.3, -0.25) is 4.98 Å². The summed E-state index contributed by atoms with van der Waals surface area (Å²) in [6, 6.07) is 8.87. The van der Waals surface area contributed by atoms with Gasteiger partial charge >= 0.3 is 5.97 Å². The number of nitrogens with one attached hydrogen (secondary N) is 1. The van der Waals surface area contributed by atoms with E-state index >= 15 is 0 Å². The monoisotopic (exact) mass is 257 g/mol. The van der Waals surface area contributed by atoms with Crippen LogP contribution in [0.5, 0.6) is 0 Å². The van der Waals surface area contributed by atoms with Crippen molar-refractivity contribution in [2.75, 3.05) is 17.7 Å². The molecule has 5 heteroatoms. The first kappa shape index (κ1) is 12.9. The number of rotatable bonds is 4. The summed E-state index contributed by atoms with van der Waals surface area (Å²) in [5.74, 6) is -0.363. The number of para-hydroxylation sites is 1. The molecule has 2 aromatic rings. The molecule has 1 aromatic heterocycles. The molecule has 0 bridgehead atoms. The number of carbonyl (C=O) groups is 1. The lowest BCUT2D eigenvalue weighted by Gasteiger charge is -2.12. The van der Waals surface area contributed by atoms with E-state index in [-0.39, 0.29) is 5.97 Å². The van der Waals surface area contributed by atoms with Crippen molar-refractivity contribution in [3.63, 3.8) is 0 Å². The van der Waals surface area contributed by atoms with Crippen LogP contribution in [-0.2, 0) is 4.74 Å². The summed E-state index contributed by atoms with van der Waals surface area (Å²) >= 11 is 0. The molecule has 5 nitrogen and oxygen atoms in total. The van der Waals surface area contributed by atoms with Crippen LogP contribution in [0, 0.1) is 0 Å². The van der Waals surface area contributed by atoms with Crippen LogP contribution in [-0.4, -0.2) is 17.6 Å². The fraction of sp³-hybridized carbons (Fsp3) is 0.143. The average Bonchev–Trinajstić information content (AvgIpc) is 2.42. The molecule has 0 aliphatic rings. The zero-order valence-corrected chi connectivity index (χ0v) is 10.6. The molecule has 3 N–H and O–H groups in total. The number of nitrogen functional groups attached to an aromatic ring is 1. The van der Waals surface area contributed by atoms with Crippen molar-refractivity contribution >= 4 is 23.0 Å². The molecular formula is C14H15N3O2. The van der Waals surface area contributed by atoms with E-state index in [0.29, 0.717) is 29.2 Å². The van der Waals surface area contributed by atoms with Crippen LogP contribution in [0.3, 0.4) is 0 Å². The molecule has 19 heavy (non-hydrogen) atoms. The standard InChI is InChI=1S/C14H15N3O2/c1-2-19-14(18)10-5-3-4-6-12(10)17-13-7-8-16-9-11(13)15/h3-9H,2,15H2,1H3,(H,16,17). The number of nitrogens with zero attached hydrogens (tertiary/aromatic N) is 1. The van der Waals surface area contributed by atoms with Gasteiger partial charge in [0.1, 0.15) is 0 Å². The van der Waals surface area contributed by atoms with Crippen LogP contribution < -0.4 is 11.1 Å². The second-order valence-electron chi connectivity index (χ2n) is 3.85. The lowest BCUT2D eigenvalue weighted by atomic mass is 10.1. The van der Waals surface area contributed by atoms with Crippen molar-refractivity contribution in [1.29, 1.82) is 0 Å². The Bertz CT molecular complexity index is 584.